The molecule has 3 heterocycles. The standard InChI is InChI=1S/C20H23N5O/c26-19(24-11-3-4-15(12-24)16-9-10-21-23-16)13-25-18-6-2-1-5-17(18)22-20(25)14-7-8-14/h1-2,5-6,9-10,14-15H,3-4,7-8,11-13H2,(H,21,23). The average molecular weight is 349 g/mol. The first-order valence-corrected chi connectivity index (χ1v) is 9.52. The van der Waals surface area contributed by atoms with Gasteiger partial charge in [0, 0.05) is 36.8 Å². The van der Waals surface area contributed by atoms with Gasteiger partial charge in [0.25, 0.3) is 0 Å². The zero-order valence-electron chi connectivity index (χ0n) is 14.8. The number of rotatable bonds is 4. The molecule has 6 nitrogen and oxygen atoms in total. The van der Waals surface area contributed by atoms with Gasteiger partial charge in [0.05, 0.1) is 11.0 Å². The molecule has 3 aromatic rings. The number of nitrogens with one attached hydrogen (secondary N) is 1. The number of para-hydroxylation sites is 2. The molecule has 1 aliphatic carbocycles. The second-order valence-corrected chi connectivity index (χ2v) is 7.51. The van der Waals surface area contributed by atoms with E-state index in [4.69, 9.17) is 4.98 Å². The highest BCUT2D eigenvalue weighted by Gasteiger charge is 2.31. The fraction of sp³-hybridized carbons (Fsp3) is 0.450. The van der Waals surface area contributed by atoms with Crippen LogP contribution in [0.2, 0.25) is 0 Å². The zero-order valence-corrected chi connectivity index (χ0v) is 14.8. The summed E-state index contributed by atoms with van der Waals surface area (Å²) in [6.45, 7) is 2.00. The Hall–Kier alpha value is -2.63. The van der Waals surface area contributed by atoms with E-state index < -0.39 is 0 Å². The van der Waals surface area contributed by atoms with E-state index in [1.165, 1.54) is 12.8 Å². The number of hydrogen-bond acceptors (Lipinski definition) is 3. The lowest BCUT2D eigenvalue weighted by molar-refractivity contribution is -0.133. The molecule has 1 aliphatic heterocycles. The number of piperidine rings is 1. The minimum absolute atomic E-state index is 0.194. The zero-order chi connectivity index (χ0) is 17.5. The minimum Gasteiger partial charge on any atom is -0.340 e. The third-order valence-electron chi connectivity index (χ3n) is 5.66. The van der Waals surface area contributed by atoms with Crippen LogP contribution in [0.15, 0.2) is 36.5 Å². The first kappa shape index (κ1) is 15.6. The van der Waals surface area contributed by atoms with E-state index >= 15 is 0 Å². The van der Waals surface area contributed by atoms with E-state index in [0.717, 1.165) is 48.5 Å². The summed E-state index contributed by atoms with van der Waals surface area (Å²) in [6, 6.07) is 10.2. The van der Waals surface area contributed by atoms with Gasteiger partial charge in [-0.05, 0) is 43.9 Å². The topological polar surface area (TPSA) is 66.8 Å². The van der Waals surface area contributed by atoms with Gasteiger partial charge in [0.15, 0.2) is 0 Å². The quantitative estimate of drug-likeness (QED) is 0.787. The molecule has 2 aliphatic rings. The molecular formula is C20H23N5O. The van der Waals surface area contributed by atoms with Crippen molar-refractivity contribution in [3.05, 3.63) is 48.0 Å². The third-order valence-corrected chi connectivity index (χ3v) is 5.66. The number of imidazole rings is 1. The first-order valence-electron chi connectivity index (χ1n) is 9.52. The maximum atomic E-state index is 13.1. The fourth-order valence-electron chi connectivity index (χ4n) is 4.10. The molecule has 1 aromatic carbocycles. The predicted molar refractivity (Wildman–Crippen MR) is 98.9 cm³/mol. The number of carbonyl (C=O) groups excluding carboxylic acids is 1. The Morgan fingerprint density at radius 3 is 2.85 bits per heavy atom. The number of fused-ring (bicyclic) bond motifs is 1. The van der Waals surface area contributed by atoms with Crippen molar-refractivity contribution in [3.63, 3.8) is 0 Å². The van der Waals surface area contributed by atoms with Crippen LogP contribution in [-0.4, -0.2) is 43.6 Å². The van der Waals surface area contributed by atoms with E-state index in [9.17, 15) is 4.79 Å². The Balaban J connectivity index is 1.38. The molecule has 1 N–H and O–H groups in total. The summed E-state index contributed by atoms with van der Waals surface area (Å²) in [5, 5.41) is 7.12. The van der Waals surface area contributed by atoms with Gasteiger partial charge in [0.1, 0.15) is 12.4 Å². The second-order valence-electron chi connectivity index (χ2n) is 7.51. The van der Waals surface area contributed by atoms with Crippen molar-refractivity contribution in [2.24, 2.45) is 0 Å². The van der Waals surface area contributed by atoms with Gasteiger partial charge in [-0.3, -0.25) is 9.89 Å². The van der Waals surface area contributed by atoms with E-state index in [1.807, 2.05) is 29.2 Å². The van der Waals surface area contributed by atoms with Gasteiger partial charge in [-0.25, -0.2) is 4.98 Å². The van der Waals surface area contributed by atoms with Gasteiger partial charge in [-0.1, -0.05) is 12.1 Å². The largest absolute Gasteiger partial charge is 0.340 e. The molecule has 1 saturated carbocycles. The van der Waals surface area contributed by atoms with Gasteiger partial charge in [-0.2, -0.15) is 5.10 Å². The van der Waals surface area contributed by atoms with Crippen LogP contribution in [0.25, 0.3) is 11.0 Å². The van der Waals surface area contributed by atoms with E-state index in [2.05, 4.69) is 20.8 Å². The second kappa shape index (κ2) is 6.27. The highest BCUT2D eigenvalue weighted by Crippen LogP contribution is 2.40. The van der Waals surface area contributed by atoms with Crippen LogP contribution < -0.4 is 0 Å². The highest BCUT2D eigenvalue weighted by molar-refractivity contribution is 5.81. The Morgan fingerprint density at radius 1 is 1.15 bits per heavy atom. The number of aromatic nitrogens is 4. The number of amides is 1. The third kappa shape index (κ3) is 2.79. The van der Waals surface area contributed by atoms with E-state index in [1.54, 1.807) is 6.20 Å². The summed E-state index contributed by atoms with van der Waals surface area (Å²) in [7, 11) is 0. The van der Waals surface area contributed by atoms with Crippen molar-refractivity contribution >= 4 is 16.9 Å². The van der Waals surface area contributed by atoms with Crippen molar-refractivity contribution in [3.8, 4) is 0 Å². The average Bonchev–Trinajstić information content (AvgIpc) is 3.25. The number of aromatic amines is 1. The summed E-state index contributed by atoms with van der Waals surface area (Å²) in [5.74, 6) is 2.16. The SMILES string of the molecule is O=C(Cn1c(C2CC2)nc2ccccc21)N1CCCC(c2ccn[nH]2)C1. The number of nitrogens with zero attached hydrogens (tertiary/aromatic N) is 4. The van der Waals surface area contributed by atoms with Crippen LogP contribution in [0.4, 0.5) is 0 Å². The molecule has 0 bridgehead atoms. The molecule has 1 amide bonds. The monoisotopic (exact) mass is 349 g/mol. The van der Waals surface area contributed by atoms with Crippen molar-refractivity contribution in [1.82, 2.24) is 24.6 Å². The first-order chi connectivity index (χ1) is 12.8. The van der Waals surface area contributed by atoms with Crippen molar-refractivity contribution in [2.75, 3.05) is 13.1 Å². The van der Waals surface area contributed by atoms with E-state index in [0.29, 0.717) is 18.4 Å². The lowest BCUT2D eigenvalue weighted by atomic mass is 9.95. The summed E-state index contributed by atoms with van der Waals surface area (Å²) in [5.41, 5.74) is 3.20. The van der Waals surface area contributed by atoms with Gasteiger partial charge in [0.2, 0.25) is 5.91 Å². The van der Waals surface area contributed by atoms with Crippen LogP contribution in [0, 0.1) is 0 Å². The number of benzene rings is 1. The maximum Gasteiger partial charge on any atom is 0.242 e. The summed E-state index contributed by atoms with van der Waals surface area (Å²) in [6.07, 6.45) is 6.30. The molecule has 1 saturated heterocycles. The van der Waals surface area contributed by atoms with Crippen LogP contribution in [0.5, 0.6) is 0 Å². The molecule has 2 aromatic heterocycles. The van der Waals surface area contributed by atoms with Crippen molar-refractivity contribution in [2.45, 2.75) is 44.1 Å². The Kier molecular flexibility index (Phi) is 3.76. The molecule has 6 heteroatoms. The molecule has 1 unspecified atom stereocenters. The maximum absolute atomic E-state index is 13.1. The Bertz CT molecular complexity index is 925. The van der Waals surface area contributed by atoms with Crippen molar-refractivity contribution < 1.29 is 4.79 Å². The van der Waals surface area contributed by atoms with Gasteiger partial charge in [-0.15, -0.1) is 0 Å². The minimum atomic E-state index is 0.194. The normalized spacial score (nSPS) is 20.6. The molecule has 5 rings (SSSR count). The lowest BCUT2D eigenvalue weighted by Crippen LogP contribution is -2.41. The molecule has 1 atom stereocenters. The number of H-pyrrole nitrogens is 1. The number of carbonyl (C=O) groups is 1. The molecule has 2 fully saturated rings. The number of likely N-dealkylation sites (tertiary alicyclic amines) is 1. The van der Waals surface area contributed by atoms with Crippen LogP contribution in [-0.2, 0) is 11.3 Å². The van der Waals surface area contributed by atoms with Crippen LogP contribution >= 0.6 is 0 Å². The molecule has 0 radical (unpaired) electrons. The lowest BCUT2D eigenvalue weighted by Gasteiger charge is -2.32. The van der Waals surface area contributed by atoms with Crippen molar-refractivity contribution in [1.29, 1.82) is 0 Å². The Morgan fingerprint density at radius 2 is 2.04 bits per heavy atom. The summed E-state index contributed by atoms with van der Waals surface area (Å²) < 4.78 is 2.15. The summed E-state index contributed by atoms with van der Waals surface area (Å²) in [4.78, 5) is 19.9. The highest BCUT2D eigenvalue weighted by atomic mass is 16.2. The molecule has 134 valence electrons. The van der Waals surface area contributed by atoms with E-state index in [-0.39, 0.29) is 5.91 Å². The number of hydrogen-bond donors (Lipinski definition) is 1. The smallest absolute Gasteiger partial charge is 0.242 e. The molecule has 26 heavy (non-hydrogen) atoms. The van der Waals surface area contributed by atoms with Gasteiger partial charge >= 0.3 is 0 Å². The van der Waals surface area contributed by atoms with Crippen LogP contribution in [0.3, 0.4) is 0 Å². The molecule has 0 spiro atoms. The molecular weight excluding hydrogens is 326 g/mol. The van der Waals surface area contributed by atoms with Gasteiger partial charge < -0.3 is 9.47 Å². The van der Waals surface area contributed by atoms with Crippen LogP contribution in [0.1, 0.15) is 49.0 Å². The fourth-order valence-corrected chi connectivity index (χ4v) is 4.10. The summed E-state index contributed by atoms with van der Waals surface area (Å²) >= 11 is 0. The predicted octanol–water partition coefficient (Wildman–Crippen LogP) is 3.04. The Labute approximate surface area is 152 Å².